The molecule has 0 amide bonds. The van der Waals surface area contributed by atoms with Crippen LogP contribution in [0.25, 0.3) is 0 Å². The molecule has 0 bridgehead atoms. The number of hydrogen-bond donors (Lipinski definition) is 0. The molecule has 0 saturated carbocycles. The smallest absolute Gasteiger partial charge is 0.128 e. The number of aryl methyl sites for hydroxylation is 2. The molecule has 0 unspecified atom stereocenters. The first kappa shape index (κ1) is 20.0. The van der Waals surface area contributed by atoms with E-state index in [2.05, 4.69) is 90.1 Å². The van der Waals surface area contributed by atoms with Gasteiger partial charge in [-0.15, -0.1) is 0 Å². The van der Waals surface area contributed by atoms with Crippen molar-refractivity contribution in [1.82, 2.24) is 0 Å². The van der Waals surface area contributed by atoms with E-state index in [1.165, 1.54) is 11.1 Å². The minimum absolute atomic E-state index is 0.400. The van der Waals surface area contributed by atoms with Crippen molar-refractivity contribution in [2.45, 2.75) is 52.7 Å². The highest BCUT2D eigenvalue weighted by Gasteiger charge is 2.25. The van der Waals surface area contributed by atoms with Crippen molar-refractivity contribution in [3.05, 3.63) is 95.1 Å². The molecule has 0 aliphatic rings. The standard InChI is InChI=1S/C26H30O2/c1-19-7-11-21(12-8-19)25(3,4)28-24-17-13-22(14-18-24)26(5,6)27-23-15-9-20(2)10-16-23/h7-18H,1-6H3. The highest BCUT2D eigenvalue weighted by Crippen LogP contribution is 2.32. The van der Waals surface area contributed by atoms with Gasteiger partial charge in [0.1, 0.15) is 22.7 Å². The third kappa shape index (κ3) is 4.75. The predicted molar refractivity (Wildman–Crippen MR) is 116 cm³/mol. The summed E-state index contributed by atoms with van der Waals surface area (Å²) in [6.45, 7) is 12.5. The molecule has 0 spiro atoms. The molecule has 0 aliphatic carbocycles. The summed E-state index contributed by atoms with van der Waals surface area (Å²) >= 11 is 0. The van der Waals surface area contributed by atoms with E-state index in [9.17, 15) is 0 Å². The van der Waals surface area contributed by atoms with Gasteiger partial charge in [0, 0.05) is 0 Å². The van der Waals surface area contributed by atoms with Gasteiger partial charge in [-0.25, -0.2) is 0 Å². The van der Waals surface area contributed by atoms with Gasteiger partial charge in [-0.2, -0.15) is 0 Å². The monoisotopic (exact) mass is 374 g/mol. The Morgan fingerprint density at radius 3 is 1.14 bits per heavy atom. The van der Waals surface area contributed by atoms with E-state index in [0.29, 0.717) is 0 Å². The van der Waals surface area contributed by atoms with E-state index in [1.807, 2.05) is 24.3 Å². The van der Waals surface area contributed by atoms with Crippen LogP contribution >= 0.6 is 0 Å². The molecule has 0 aromatic heterocycles. The Hall–Kier alpha value is -2.74. The van der Waals surface area contributed by atoms with Gasteiger partial charge in [0.2, 0.25) is 0 Å². The largest absolute Gasteiger partial charge is 0.483 e. The van der Waals surface area contributed by atoms with Gasteiger partial charge < -0.3 is 9.47 Å². The SMILES string of the molecule is Cc1ccc(OC(C)(C)c2ccc(OC(C)(C)c3ccc(C)cc3)cc2)cc1. The molecule has 0 saturated heterocycles. The third-order valence-electron chi connectivity index (χ3n) is 5.06. The Kier molecular flexibility index (Phi) is 5.51. The second kappa shape index (κ2) is 7.71. The van der Waals surface area contributed by atoms with Gasteiger partial charge >= 0.3 is 0 Å². The van der Waals surface area contributed by atoms with Gasteiger partial charge in [0.15, 0.2) is 0 Å². The Bertz CT molecular complexity index is 902. The molecule has 3 rings (SSSR count). The predicted octanol–water partition coefficient (Wildman–Crippen LogP) is 6.93. The molecule has 28 heavy (non-hydrogen) atoms. The maximum atomic E-state index is 6.29. The summed E-state index contributed by atoms with van der Waals surface area (Å²) in [7, 11) is 0. The lowest BCUT2D eigenvalue weighted by molar-refractivity contribution is 0.105. The first-order valence-corrected chi connectivity index (χ1v) is 9.78. The molecule has 3 aromatic rings. The Labute approximate surface area is 169 Å². The number of ether oxygens (including phenoxy) is 2. The summed E-state index contributed by atoms with van der Waals surface area (Å²) in [6.07, 6.45) is 0. The second-order valence-corrected chi connectivity index (χ2v) is 8.43. The van der Waals surface area contributed by atoms with Gasteiger partial charge in [0.25, 0.3) is 0 Å². The van der Waals surface area contributed by atoms with Gasteiger partial charge in [0.05, 0.1) is 0 Å². The fraction of sp³-hybridized carbons (Fsp3) is 0.308. The van der Waals surface area contributed by atoms with Crippen molar-refractivity contribution in [3.8, 4) is 11.5 Å². The summed E-state index contributed by atoms with van der Waals surface area (Å²) in [5, 5.41) is 0. The van der Waals surface area contributed by atoms with Gasteiger partial charge in [-0.1, -0.05) is 59.7 Å². The van der Waals surface area contributed by atoms with Crippen LogP contribution in [0.3, 0.4) is 0 Å². The van der Waals surface area contributed by atoms with Crippen LogP contribution in [0.1, 0.15) is 49.9 Å². The van der Waals surface area contributed by atoms with Crippen LogP contribution in [0.4, 0.5) is 0 Å². The molecule has 0 heterocycles. The quantitative estimate of drug-likeness (QED) is 0.465. The molecule has 3 aromatic carbocycles. The Morgan fingerprint density at radius 1 is 0.464 bits per heavy atom. The first-order valence-electron chi connectivity index (χ1n) is 9.78. The van der Waals surface area contributed by atoms with Crippen LogP contribution in [-0.2, 0) is 11.2 Å². The van der Waals surface area contributed by atoms with Crippen molar-refractivity contribution in [3.63, 3.8) is 0 Å². The third-order valence-corrected chi connectivity index (χ3v) is 5.06. The van der Waals surface area contributed by atoms with Crippen molar-refractivity contribution in [1.29, 1.82) is 0 Å². The molecule has 0 fully saturated rings. The van der Waals surface area contributed by atoms with Crippen LogP contribution in [0.5, 0.6) is 11.5 Å². The lowest BCUT2D eigenvalue weighted by Gasteiger charge is -2.29. The zero-order chi connectivity index (χ0) is 20.4. The van der Waals surface area contributed by atoms with Crippen LogP contribution in [0.15, 0.2) is 72.8 Å². The fourth-order valence-electron chi connectivity index (χ4n) is 3.19. The highest BCUT2D eigenvalue weighted by atomic mass is 16.5. The highest BCUT2D eigenvalue weighted by molar-refractivity contribution is 5.34. The Balaban J connectivity index is 1.73. The zero-order valence-electron chi connectivity index (χ0n) is 17.7. The molecule has 2 nitrogen and oxygen atoms in total. The van der Waals surface area contributed by atoms with Crippen LogP contribution < -0.4 is 9.47 Å². The number of hydrogen-bond acceptors (Lipinski definition) is 2. The first-order chi connectivity index (χ1) is 13.2. The normalized spacial score (nSPS) is 11.9. The van der Waals surface area contributed by atoms with E-state index >= 15 is 0 Å². The number of rotatable bonds is 6. The zero-order valence-corrected chi connectivity index (χ0v) is 17.7. The van der Waals surface area contributed by atoms with Crippen molar-refractivity contribution < 1.29 is 9.47 Å². The van der Waals surface area contributed by atoms with E-state index in [4.69, 9.17) is 9.47 Å². The minimum Gasteiger partial charge on any atom is -0.483 e. The van der Waals surface area contributed by atoms with E-state index < -0.39 is 11.2 Å². The molecule has 0 atom stereocenters. The average molecular weight is 375 g/mol. The van der Waals surface area contributed by atoms with Crippen molar-refractivity contribution in [2.75, 3.05) is 0 Å². The van der Waals surface area contributed by atoms with Gasteiger partial charge in [-0.05, 0) is 76.9 Å². The molecule has 146 valence electrons. The van der Waals surface area contributed by atoms with Gasteiger partial charge in [-0.3, -0.25) is 0 Å². The van der Waals surface area contributed by atoms with Crippen LogP contribution in [0, 0.1) is 13.8 Å². The summed E-state index contributed by atoms with van der Waals surface area (Å²) in [6, 6.07) is 24.8. The summed E-state index contributed by atoms with van der Waals surface area (Å²) in [5.74, 6) is 1.72. The van der Waals surface area contributed by atoms with Crippen molar-refractivity contribution >= 4 is 0 Å². The molecule has 0 aliphatic heterocycles. The Morgan fingerprint density at radius 2 is 0.750 bits per heavy atom. The summed E-state index contributed by atoms with van der Waals surface area (Å²) in [5.41, 5.74) is 3.91. The molecular weight excluding hydrogens is 344 g/mol. The lowest BCUT2D eigenvalue weighted by Crippen LogP contribution is -2.26. The lowest BCUT2D eigenvalue weighted by atomic mass is 9.96. The number of benzene rings is 3. The van der Waals surface area contributed by atoms with Crippen LogP contribution in [-0.4, -0.2) is 0 Å². The molecule has 2 heteroatoms. The maximum absolute atomic E-state index is 6.29. The molecule has 0 radical (unpaired) electrons. The topological polar surface area (TPSA) is 18.5 Å². The molecule has 0 N–H and O–H groups in total. The van der Waals surface area contributed by atoms with Crippen LogP contribution in [0.2, 0.25) is 0 Å². The molecular formula is C26H30O2. The van der Waals surface area contributed by atoms with E-state index in [-0.39, 0.29) is 0 Å². The summed E-state index contributed by atoms with van der Waals surface area (Å²) in [4.78, 5) is 0. The van der Waals surface area contributed by atoms with E-state index in [0.717, 1.165) is 22.6 Å². The maximum Gasteiger partial charge on any atom is 0.128 e. The second-order valence-electron chi connectivity index (χ2n) is 8.43. The van der Waals surface area contributed by atoms with E-state index in [1.54, 1.807) is 0 Å². The minimum atomic E-state index is -0.430. The summed E-state index contributed by atoms with van der Waals surface area (Å²) < 4.78 is 12.5. The van der Waals surface area contributed by atoms with Crippen molar-refractivity contribution in [2.24, 2.45) is 0 Å². The average Bonchev–Trinajstić information content (AvgIpc) is 2.64. The fourth-order valence-corrected chi connectivity index (χ4v) is 3.19.